The van der Waals surface area contributed by atoms with Gasteiger partial charge in [0.25, 0.3) is 0 Å². The molecular formula is C24H19Cl2NO6S. The quantitative estimate of drug-likeness (QED) is 0.444. The van der Waals surface area contributed by atoms with Crippen molar-refractivity contribution in [1.29, 1.82) is 0 Å². The summed E-state index contributed by atoms with van der Waals surface area (Å²) in [6.07, 6.45) is -0.0958. The van der Waals surface area contributed by atoms with Crippen LogP contribution in [0, 0.1) is 0 Å². The van der Waals surface area contributed by atoms with E-state index < -0.39 is 40.0 Å². The molecule has 4 rings (SSSR count). The van der Waals surface area contributed by atoms with Crippen LogP contribution in [0.5, 0.6) is 0 Å². The van der Waals surface area contributed by atoms with Crippen LogP contribution in [0.3, 0.4) is 0 Å². The zero-order chi connectivity index (χ0) is 24.7. The lowest BCUT2D eigenvalue weighted by atomic mass is 10.1. The van der Waals surface area contributed by atoms with Crippen LogP contribution in [0.2, 0.25) is 10.0 Å². The molecule has 1 aliphatic carbocycles. The smallest absolute Gasteiger partial charge is 0.325 e. The Kier molecular flexibility index (Phi) is 6.44. The maximum atomic E-state index is 13.6. The van der Waals surface area contributed by atoms with E-state index in [1.54, 1.807) is 60.7 Å². The second-order valence-corrected chi connectivity index (χ2v) is 10.7. The minimum absolute atomic E-state index is 0.0958. The summed E-state index contributed by atoms with van der Waals surface area (Å²) in [6.45, 7) is -1.01. The Hall–Kier alpha value is -2.91. The fourth-order valence-electron chi connectivity index (χ4n) is 4.15. The molecule has 2 N–H and O–H groups in total. The van der Waals surface area contributed by atoms with E-state index in [1.165, 1.54) is 12.1 Å². The van der Waals surface area contributed by atoms with Crippen molar-refractivity contribution in [2.24, 2.45) is 0 Å². The summed E-state index contributed by atoms with van der Waals surface area (Å²) < 4.78 is 27.7. The molecule has 0 saturated heterocycles. The molecule has 0 heterocycles. The highest BCUT2D eigenvalue weighted by molar-refractivity contribution is 7.89. The van der Waals surface area contributed by atoms with Crippen molar-refractivity contribution in [2.45, 2.75) is 22.8 Å². The van der Waals surface area contributed by atoms with E-state index in [1.807, 2.05) is 0 Å². The number of sulfonamides is 1. The lowest BCUT2D eigenvalue weighted by molar-refractivity contribution is -0.145. The summed E-state index contributed by atoms with van der Waals surface area (Å²) in [6, 6.07) is 19.3. The van der Waals surface area contributed by atoms with Crippen molar-refractivity contribution in [1.82, 2.24) is 4.31 Å². The topological polar surface area (TPSA) is 112 Å². The van der Waals surface area contributed by atoms with Gasteiger partial charge >= 0.3 is 11.9 Å². The van der Waals surface area contributed by atoms with Gasteiger partial charge in [0.2, 0.25) is 10.0 Å². The van der Waals surface area contributed by atoms with Gasteiger partial charge in [-0.2, -0.15) is 4.31 Å². The van der Waals surface area contributed by atoms with Crippen LogP contribution < -0.4 is 0 Å². The van der Waals surface area contributed by atoms with Gasteiger partial charge in [-0.25, -0.2) is 8.42 Å². The molecule has 1 saturated carbocycles. The summed E-state index contributed by atoms with van der Waals surface area (Å²) in [5, 5.41) is 20.4. The molecule has 176 valence electrons. The van der Waals surface area contributed by atoms with Gasteiger partial charge in [-0.1, -0.05) is 65.7 Å². The predicted octanol–water partition coefficient (Wildman–Crippen LogP) is 4.75. The molecule has 34 heavy (non-hydrogen) atoms. The number of nitrogens with zero attached hydrogens (tertiary/aromatic N) is 1. The van der Waals surface area contributed by atoms with E-state index in [4.69, 9.17) is 23.2 Å². The zero-order valence-corrected chi connectivity index (χ0v) is 19.9. The standard InChI is InChI=1S/C24H19Cl2NO6S/c25-17-9-5-15(6-10-17)16-7-11-18(12-8-16)34(32,33)27(14-22(28)29)24(23(30)31)13-20(24)19-3-1-2-4-21(19)26/h1-12,20H,13-14H2,(H,28,29)(H,30,31). The molecule has 0 bridgehead atoms. The van der Waals surface area contributed by atoms with Crippen LogP contribution in [0.25, 0.3) is 11.1 Å². The number of carboxylic acids is 2. The Morgan fingerprint density at radius 1 is 0.912 bits per heavy atom. The number of hydrogen-bond acceptors (Lipinski definition) is 4. The van der Waals surface area contributed by atoms with E-state index in [9.17, 15) is 28.2 Å². The fraction of sp³-hybridized carbons (Fsp3) is 0.167. The van der Waals surface area contributed by atoms with Gasteiger partial charge in [-0.3, -0.25) is 9.59 Å². The predicted molar refractivity (Wildman–Crippen MR) is 128 cm³/mol. The monoisotopic (exact) mass is 519 g/mol. The number of benzene rings is 3. The van der Waals surface area contributed by atoms with E-state index in [0.29, 0.717) is 20.5 Å². The van der Waals surface area contributed by atoms with E-state index in [0.717, 1.165) is 5.56 Å². The Morgan fingerprint density at radius 3 is 2.00 bits per heavy atom. The third kappa shape index (κ3) is 4.30. The molecule has 0 amide bonds. The second kappa shape index (κ2) is 9.03. The Labute approximate surface area is 206 Å². The number of rotatable bonds is 8. The Bertz CT molecular complexity index is 1360. The highest BCUT2D eigenvalue weighted by Gasteiger charge is 2.68. The van der Waals surface area contributed by atoms with Gasteiger partial charge in [0.05, 0.1) is 4.90 Å². The first kappa shape index (κ1) is 24.2. The van der Waals surface area contributed by atoms with Crippen LogP contribution >= 0.6 is 23.2 Å². The average Bonchev–Trinajstić information content (AvgIpc) is 3.55. The van der Waals surface area contributed by atoms with E-state index >= 15 is 0 Å². The molecule has 1 fully saturated rings. The third-order valence-corrected chi connectivity index (χ3v) is 8.43. The summed E-state index contributed by atoms with van der Waals surface area (Å²) in [5.41, 5.74) is 0.0135. The largest absolute Gasteiger partial charge is 0.480 e. The lowest BCUT2D eigenvalue weighted by Gasteiger charge is -2.28. The molecule has 2 unspecified atom stereocenters. The van der Waals surface area contributed by atoms with Crippen molar-refractivity contribution in [3.05, 3.63) is 88.4 Å². The van der Waals surface area contributed by atoms with Crippen LogP contribution in [-0.2, 0) is 19.6 Å². The normalized spacial score (nSPS) is 19.7. The van der Waals surface area contributed by atoms with Crippen LogP contribution in [0.1, 0.15) is 17.9 Å². The molecule has 1 aliphatic rings. The van der Waals surface area contributed by atoms with Gasteiger partial charge in [0.15, 0.2) is 0 Å². The number of hydrogen-bond donors (Lipinski definition) is 2. The maximum absolute atomic E-state index is 13.6. The summed E-state index contributed by atoms with van der Waals surface area (Å²) in [4.78, 5) is 23.8. The zero-order valence-electron chi connectivity index (χ0n) is 17.6. The molecule has 10 heteroatoms. The first-order valence-electron chi connectivity index (χ1n) is 10.2. The summed E-state index contributed by atoms with van der Waals surface area (Å²) in [5.74, 6) is -3.69. The minimum atomic E-state index is -4.49. The fourth-order valence-corrected chi connectivity index (χ4v) is 6.27. The van der Waals surface area contributed by atoms with Crippen LogP contribution in [-0.4, -0.2) is 47.0 Å². The SMILES string of the molecule is O=C(O)CN(C1(C(=O)O)CC1c1ccccc1Cl)S(=O)(=O)c1ccc(-c2ccc(Cl)cc2)cc1. The number of carbonyl (C=O) groups is 2. The lowest BCUT2D eigenvalue weighted by Crippen LogP contribution is -2.50. The summed E-state index contributed by atoms with van der Waals surface area (Å²) >= 11 is 12.1. The van der Waals surface area contributed by atoms with Crippen molar-refractivity contribution < 1.29 is 28.2 Å². The third-order valence-electron chi connectivity index (χ3n) is 5.93. The van der Waals surface area contributed by atoms with Gasteiger partial charge in [0.1, 0.15) is 12.1 Å². The highest BCUT2D eigenvalue weighted by Crippen LogP contribution is 2.58. The minimum Gasteiger partial charge on any atom is -0.480 e. The van der Waals surface area contributed by atoms with Crippen molar-refractivity contribution in [2.75, 3.05) is 6.54 Å². The van der Waals surface area contributed by atoms with E-state index in [-0.39, 0.29) is 16.3 Å². The molecule has 3 aromatic carbocycles. The maximum Gasteiger partial charge on any atom is 0.325 e. The van der Waals surface area contributed by atoms with Gasteiger partial charge in [-0.15, -0.1) is 0 Å². The van der Waals surface area contributed by atoms with Gasteiger partial charge in [0, 0.05) is 16.0 Å². The van der Waals surface area contributed by atoms with Gasteiger partial charge < -0.3 is 10.2 Å². The van der Waals surface area contributed by atoms with Crippen LogP contribution in [0.15, 0.2) is 77.7 Å². The molecule has 2 atom stereocenters. The molecule has 0 aliphatic heterocycles. The number of aliphatic carboxylic acids is 2. The molecule has 0 radical (unpaired) electrons. The second-order valence-electron chi connectivity index (χ2n) is 7.94. The van der Waals surface area contributed by atoms with Crippen molar-refractivity contribution >= 4 is 45.2 Å². The Balaban J connectivity index is 1.74. The molecule has 0 aromatic heterocycles. The van der Waals surface area contributed by atoms with Gasteiger partial charge in [-0.05, 0) is 53.4 Å². The molecule has 3 aromatic rings. The first-order valence-corrected chi connectivity index (χ1v) is 12.4. The van der Waals surface area contributed by atoms with Crippen molar-refractivity contribution in [3.8, 4) is 11.1 Å². The average molecular weight is 520 g/mol. The van der Waals surface area contributed by atoms with E-state index in [2.05, 4.69) is 0 Å². The number of halogens is 2. The summed E-state index contributed by atoms with van der Waals surface area (Å²) in [7, 11) is -4.49. The number of carboxylic acid groups (broad SMARTS) is 2. The molecule has 0 spiro atoms. The van der Waals surface area contributed by atoms with Crippen molar-refractivity contribution in [3.63, 3.8) is 0 Å². The van der Waals surface area contributed by atoms with Crippen LogP contribution in [0.4, 0.5) is 0 Å². The Morgan fingerprint density at radius 2 is 1.47 bits per heavy atom. The first-order chi connectivity index (χ1) is 16.1. The molecule has 7 nitrogen and oxygen atoms in total. The molecular weight excluding hydrogens is 501 g/mol. The highest BCUT2D eigenvalue weighted by atomic mass is 35.5.